The average molecular weight is 1000 g/mol. The summed E-state index contributed by atoms with van der Waals surface area (Å²) in [5.41, 5.74) is -1.76. The number of carbonyl (C=O) groups is 2. The second kappa shape index (κ2) is 20.3. The van der Waals surface area contributed by atoms with E-state index in [-0.39, 0.29) is 29.8 Å². The zero-order valence-electron chi connectivity index (χ0n) is 42.8. The maximum atomic E-state index is 15.4. The van der Waals surface area contributed by atoms with E-state index in [1.54, 1.807) is 0 Å². The van der Waals surface area contributed by atoms with E-state index in [0.29, 0.717) is 44.9 Å². The number of rotatable bonds is 13. The van der Waals surface area contributed by atoms with Crippen LogP contribution in [0.3, 0.4) is 0 Å². The van der Waals surface area contributed by atoms with Gasteiger partial charge in [0.1, 0.15) is 67.1 Å². The lowest BCUT2D eigenvalue weighted by Crippen LogP contribution is -2.68. The van der Waals surface area contributed by atoms with Gasteiger partial charge in [0.05, 0.1) is 36.9 Å². The molecule has 70 heavy (non-hydrogen) atoms. The van der Waals surface area contributed by atoms with Crippen LogP contribution in [0, 0.1) is 44.8 Å². The van der Waals surface area contributed by atoms with Gasteiger partial charge in [-0.3, -0.25) is 9.59 Å². The molecule has 3 saturated heterocycles. The van der Waals surface area contributed by atoms with E-state index in [4.69, 9.17) is 28.4 Å². The van der Waals surface area contributed by atoms with Crippen molar-refractivity contribution in [1.29, 1.82) is 0 Å². The van der Waals surface area contributed by atoms with Crippen molar-refractivity contribution in [2.45, 2.75) is 231 Å². The fourth-order valence-electron chi connectivity index (χ4n) is 14.3. The molecule has 3 aliphatic heterocycles. The van der Waals surface area contributed by atoms with Crippen LogP contribution in [0.15, 0.2) is 11.1 Å². The predicted molar refractivity (Wildman–Crippen MR) is 249 cm³/mol. The number of allylic oxidation sites excluding steroid dienone is 1. The van der Waals surface area contributed by atoms with E-state index in [0.717, 1.165) is 24.8 Å². The SMILES string of the molecule is CC(=O)N[C@H]1[C@H](O[C@H]2[C@H](O[C@H]3CC[C@]4(C)C5=C(CC[C@H]4C3(C)C)[C@]3(C(=O)O[C@@H]4OC[C@@H](O)[C@H](O)[C@H]4O)CC[C@H]([C@H](C)CC[C@@](C)(O)C(C)(C)C)[C@@]3(C)CC5)O[C@H](CO)[C@H](O)[C@@H]2O)O[C@H](CO)[C@@H](O)[C@@H]1O. The molecule has 2 saturated carbocycles. The van der Waals surface area contributed by atoms with Crippen molar-refractivity contribution in [3.8, 4) is 0 Å². The van der Waals surface area contributed by atoms with Crippen molar-refractivity contribution < 1.29 is 89.1 Å². The highest BCUT2D eigenvalue weighted by Gasteiger charge is 2.70. The molecule has 19 heteroatoms. The largest absolute Gasteiger partial charge is 0.432 e. The maximum Gasteiger partial charge on any atom is 0.319 e. The number of carbonyl (C=O) groups excluding carboxylic acids is 2. The first-order chi connectivity index (χ1) is 32.5. The van der Waals surface area contributed by atoms with Gasteiger partial charge in [0.2, 0.25) is 12.2 Å². The Kier molecular flexibility index (Phi) is 16.2. The van der Waals surface area contributed by atoms with Gasteiger partial charge in [-0.05, 0) is 111 Å². The fourth-order valence-corrected chi connectivity index (χ4v) is 14.3. The smallest absolute Gasteiger partial charge is 0.319 e. The van der Waals surface area contributed by atoms with Crippen molar-refractivity contribution in [3.63, 3.8) is 0 Å². The van der Waals surface area contributed by atoms with Gasteiger partial charge in [-0.2, -0.15) is 0 Å². The summed E-state index contributed by atoms with van der Waals surface area (Å²) < 4.78 is 36.9. The summed E-state index contributed by atoms with van der Waals surface area (Å²) >= 11 is 0. The van der Waals surface area contributed by atoms with Gasteiger partial charge >= 0.3 is 5.97 Å². The van der Waals surface area contributed by atoms with Gasteiger partial charge in [-0.25, -0.2) is 0 Å². The lowest BCUT2D eigenvalue weighted by Gasteiger charge is -2.62. The molecule has 4 aliphatic carbocycles. The molecule has 0 unspecified atom stereocenters. The molecule has 3 heterocycles. The topological polar surface area (TPSA) is 304 Å². The Balaban J connectivity index is 1.20. The minimum absolute atomic E-state index is 0.0225. The minimum atomic E-state index is -1.72. The number of amides is 1. The molecule has 22 atom stereocenters. The highest BCUT2D eigenvalue weighted by molar-refractivity contribution is 5.84. The van der Waals surface area contributed by atoms with Gasteiger partial charge in [0, 0.05) is 6.92 Å². The average Bonchev–Trinajstić information content (AvgIpc) is 3.62. The molecule has 0 aromatic carbocycles. The molecule has 1 amide bonds. The van der Waals surface area contributed by atoms with Crippen LogP contribution in [0.1, 0.15) is 133 Å². The summed E-state index contributed by atoms with van der Waals surface area (Å²) in [6, 6.07) is -1.37. The Morgan fingerprint density at radius 3 is 2.00 bits per heavy atom. The summed E-state index contributed by atoms with van der Waals surface area (Å²) in [7, 11) is 0. The third-order valence-corrected chi connectivity index (χ3v) is 19.3. The fraction of sp³-hybridized carbons (Fsp3) is 0.922. The Morgan fingerprint density at radius 2 is 1.39 bits per heavy atom. The summed E-state index contributed by atoms with van der Waals surface area (Å²) in [4.78, 5) is 27.6. The van der Waals surface area contributed by atoms with E-state index in [9.17, 15) is 55.9 Å². The van der Waals surface area contributed by atoms with Gasteiger partial charge in [-0.1, -0.05) is 66.5 Å². The summed E-state index contributed by atoms with van der Waals surface area (Å²) in [6.45, 7) is 18.4. The van der Waals surface area contributed by atoms with Crippen LogP contribution >= 0.6 is 0 Å². The molecule has 0 aromatic heterocycles. The Morgan fingerprint density at radius 1 is 0.757 bits per heavy atom. The molecule has 402 valence electrons. The Labute approximate surface area is 412 Å². The first-order valence-electron chi connectivity index (χ1n) is 25.7. The predicted octanol–water partition coefficient (Wildman–Crippen LogP) is 1.06. The monoisotopic (exact) mass is 1000 g/mol. The van der Waals surface area contributed by atoms with Crippen LogP contribution in [0.5, 0.6) is 0 Å². The van der Waals surface area contributed by atoms with Crippen molar-refractivity contribution in [2.24, 2.45) is 44.8 Å². The third-order valence-electron chi connectivity index (χ3n) is 19.3. The van der Waals surface area contributed by atoms with Crippen molar-refractivity contribution in [2.75, 3.05) is 19.8 Å². The number of aliphatic hydroxyl groups excluding tert-OH is 9. The van der Waals surface area contributed by atoms with Crippen LogP contribution in [-0.4, -0.2) is 180 Å². The number of nitrogens with one attached hydrogen (secondary N) is 1. The molecule has 5 fully saturated rings. The number of hydrogen-bond acceptors (Lipinski definition) is 18. The molecular weight excluding hydrogens is 915 g/mol. The number of hydrogen-bond donors (Lipinski definition) is 11. The summed E-state index contributed by atoms with van der Waals surface area (Å²) in [5.74, 6) is -0.909. The van der Waals surface area contributed by atoms with E-state index < -0.39 is 144 Å². The number of ether oxygens (including phenoxy) is 6. The highest BCUT2D eigenvalue weighted by atomic mass is 16.8. The number of fused-ring (bicyclic) bond motifs is 4. The first kappa shape index (κ1) is 55.8. The standard InChI is InChI=1S/C51H85NO18/c1-24(13-19-50(10,64)46(3,4)5)26-15-20-51(45(63)70-43-40(62)35(57)29(56)23-65-43)28-11-12-32-47(6,7)33(16-17-48(32,8)27(28)14-18-49(26,51)9)68-44-41(39(61)37(59)31(22-54)67-44)69-42-34(52-25(2)55)38(60)36(58)30(21-53)66-42/h24,26,29-44,53-54,56-62,64H,11-23H2,1-10H3,(H,52,55)/t24-,26-,29-,30-,31-,32+,33+,34-,35+,36-,37+,38-,39+,40-,41-,42+,43+,44+,48-,49-,50-,51+/m1/s1. The molecule has 0 bridgehead atoms. The maximum absolute atomic E-state index is 15.4. The minimum Gasteiger partial charge on any atom is -0.432 e. The van der Waals surface area contributed by atoms with Crippen molar-refractivity contribution in [3.05, 3.63) is 11.1 Å². The lowest BCUT2D eigenvalue weighted by molar-refractivity contribution is -0.367. The molecule has 19 nitrogen and oxygen atoms in total. The second-order valence-corrected chi connectivity index (χ2v) is 24.4. The van der Waals surface area contributed by atoms with E-state index >= 15 is 4.79 Å². The van der Waals surface area contributed by atoms with Gasteiger partial charge in [0.15, 0.2) is 12.6 Å². The van der Waals surface area contributed by atoms with E-state index in [1.165, 1.54) is 12.5 Å². The van der Waals surface area contributed by atoms with Crippen LogP contribution in [0.4, 0.5) is 0 Å². The van der Waals surface area contributed by atoms with Crippen LogP contribution in [0.25, 0.3) is 0 Å². The highest BCUT2D eigenvalue weighted by Crippen LogP contribution is 2.73. The molecule has 7 rings (SSSR count). The van der Waals surface area contributed by atoms with Crippen LogP contribution < -0.4 is 5.32 Å². The zero-order chi connectivity index (χ0) is 51.8. The molecular formula is C51H85NO18. The molecule has 0 spiro atoms. The van der Waals surface area contributed by atoms with Gasteiger partial charge in [-0.15, -0.1) is 0 Å². The van der Waals surface area contributed by atoms with Crippen LogP contribution in [0.2, 0.25) is 0 Å². The van der Waals surface area contributed by atoms with Crippen molar-refractivity contribution >= 4 is 11.9 Å². The molecule has 7 aliphatic rings. The zero-order valence-corrected chi connectivity index (χ0v) is 42.8. The lowest BCUT2D eigenvalue weighted by atomic mass is 9.43. The number of esters is 1. The molecule has 11 N–H and O–H groups in total. The molecule has 0 aromatic rings. The van der Waals surface area contributed by atoms with E-state index in [2.05, 4.69) is 39.9 Å². The van der Waals surface area contributed by atoms with Gasteiger partial charge in [0.25, 0.3) is 0 Å². The quantitative estimate of drug-likeness (QED) is 0.0908. The first-order valence-corrected chi connectivity index (χ1v) is 25.7. The van der Waals surface area contributed by atoms with Gasteiger partial charge < -0.3 is 84.8 Å². The normalized spacial score (nSPS) is 46.5. The second-order valence-electron chi connectivity index (χ2n) is 24.4. The Bertz CT molecular complexity index is 1910. The Hall–Kier alpha value is -1.92. The van der Waals surface area contributed by atoms with Crippen LogP contribution in [-0.2, 0) is 38.0 Å². The molecule has 0 radical (unpaired) electrons. The summed E-state index contributed by atoms with van der Waals surface area (Å²) in [6.07, 6.45) is -14.1. The third kappa shape index (κ3) is 9.45. The van der Waals surface area contributed by atoms with E-state index in [1.807, 2.05) is 27.7 Å². The summed E-state index contributed by atoms with van der Waals surface area (Å²) in [5, 5.41) is 110. The van der Waals surface area contributed by atoms with Crippen molar-refractivity contribution in [1.82, 2.24) is 5.32 Å². The number of aliphatic hydroxyl groups is 10.